The number of nitrogens with zero attached hydrogens (tertiary/aromatic N) is 1. The number of rotatable bonds is 3. The third-order valence-corrected chi connectivity index (χ3v) is 4.81. The van der Waals surface area contributed by atoms with Gasteiger partial charge in [0.25, 0.3) is 0 Å². The van der Waals surface area contributed by atoms with E-state index >= 15 is 0 Å². The van der Waals surface area contributed by atoms with E-state index in [-0.39, 0.29) is 17.9 Å². The average Bonchev–Trinajstić information content (AvgIpc) is 2.45. The van der Waals surface area contributed by atoms with Crippen molar-refractivity contribution in [1.82, 2.24) is 10.2 Å². The van der Waals surface area contributed by atoms with Gasteiger partial charge < -0.3 is 15.3 Å². The van der Waals surface area contributed by atoms with E-state index < -0.39 is 6.10 Å². The highest BCUT2D eigenvalue weighted by molar-refractivity contribution is 5.75. The van der Waals surface area contributed by atoms with E-state index in [2.05, 4.69) is 5.32 Å². The van der Waals surface area contributed by atoms with E-state index in [1.165, 1.54) is 18.6 Å². The first-order valence-corrected chi connectivity index (χ1v) is 8.12. The predicted octanol–water partition coefficient (Wildman–Crippen LogP) is 2.83. The van der Waals surface area contributed by atoms with Crippen molar-refractivity contribution in [2.45, 2.75) is 44.2 Å². The molecule has 4 nitrogen and oxygen atoms in total. The van der Waals surface area contributed by atoms with Gasteiger partial charge in [0.2, 0.25) is 0 Å². The highest BCUT2D eigenvalue weighted by atomic mass is 19.1. The molecule has 2 amide bonds. The number of nitrogens with one attached hydrogen (secondary N) is 1. The minimum absolute atomic E-state index is 0.0686. The van der Waals surface area contributed by atoms with Gasteiger partial charge in [0.05, 0.1) is 12.1 Å². The number of β-amino-alcohol motifs (C(OH)–C–C–N with tert-alkyl or cyclic N) is 1. The lowest BCUT2D eigenvalue weighted by atomic mass is 9.77. The van der Waals surface area contributed by atoms with Crippen LogP contribution in [0.15, 0.2) is 24.3 Å². The topological polar surface area (TPSA) is 52.6 Å². The van der Waals surface area contributed by atoms with Crippen molar-refractivity contribution < 1.29 is 14.3 Å². The quantitative estimate of drug-likeness (QED) is 0.902. The van der Waals surface area contributed by atoms with Crippen molar-refractivity contribution in [3.8, 4) is 0 Å². The van der Waals surface area contributed by atoms with Gasteiger partial charge >= 0.3 is 6.03 Å². The number of carbonyl (C=O) groups excluding carboxylic acids is 1. The minimum Gasteiger partial charge on any atom is -0.391 e. The van der Waals surface area contributed by atoms with Crippen molar-refractivity contribution in [3.63, 3.8) is 0 Å². The largest absolute Gasteiger partial charge is 0.391 e. The van der Waals surface area contributed by atoms with E-state index in [9.17, 15) is 14.3 Å². The molecule has 2 fully saturated rings. The highest BCUT2D eigenvalue weighted by Crippen LogP contribution is 2.37. The second-order valence-corrected chi connectivity index (χ2v) is 6.41. The molecule has 120 valence electrons. The van der Waals surface area contributed by atoms with Crippen LogP contribution in [0.1, 0.15) is 43.7 Å². The molecule has 1 saturated carbocycles. The van der Waals surface area contributed by atoms with Crippen molar-refractivity contribution in [3.05, 3.63) is 35.6 Å². The number of halogens is 1. The molecule has 1 aromatic rings. The molecular formula is C17H23FN2O2. The Kier molecular flexibility index (Phi) is 4.62. The number of hydrogen-bond donors (Lipinski definition) is 2. The number of aliphatic hydroxyl groups excluding tert-OH is 1. The molecule has 1 saturated heterocycles. The second-order valence-electron chi connectivity index (χ2n) is 6.41. The van der Waals surface area contributed by atoms with E-state index in [1.807, 2.05) is 0 Å². The number of aliphatic hydroxyl groups is 1. The molecule has 1 aliphatic heterocycles. The Morgan fingerprint density at radius 3 is 2.55 bits per heavy atom. The van der Waals surface area contributed by atoms with Gasteiger partial charge in [-0.3, -0.25) is 0 Å². The Balaban J connectivity index is 1.69. The SMILES string of the molecule is O=C(NC(c1ccc(F)cc1)C1CCC1)N1CCCC(O)C1. The Labute approximate surface area is 130 Å². The summed E-state index contributed by atoms with van der Waals surface area (Å²) in [6, 6.07) is 6.20. The zero-order valence-corrected chi connectivity index (χ0v) is 12.7. The molecule has 0 bridgehead atoms. The van der Waals surface area contributed by atoms with Crippen LogP contribution in [0.3, 0.4) is 0 Å². The lowest BCUT2D eigenvalue weighted by Gasteiger charge is -2.37. The number of piperidine rings is 1. The highest BCUT2D eigenvalue weighted by Gasteiger charge is 2.31. The first-order chi connectivity index (χ1) is 10.6. The zero-order valence-electron chi connectivity index (χ0n) is 12.7. The molecule has 0 aromatic heterocycles. The zero-order chi connectivity index (χ0) is 15.5. The molecular weight excluding hydrogens is 283 g/mol. The maximum absolute atomic E-state index is 13.1. The molecule has 2 atom stereocenters. The first-order valence-electron chi connectivity index (χ1n) is 8.12. The monoisotopic (exact) mass is 306 g/mol. The summed E-state index contributed by atoms with van der Waals surface area (Å²) in [5.41, 5.74) is 0.956. The summed E-state index contributed by atoms with van der Waals surface area (Å²) in [5.74, 6) is 0.158. The molecule has 1 aromatic carbocycles. The molecule has 5 heteroatoms. The molecule has 22 heavy (non-hydrogen) atoms. The normalized spacial score (nSPS) is 23.7. The van der Waals surface area contributed by atoms with Crippen LogP contribution in [-0.4, -0.2) is 35.2 Å². The summed E-state index contributed by atoms with van der Waals surface area (Å²) < 4.78 is 13.1. The number of benzene rings is 1. The summed E-state index contributed by atoms with van der Waals surface area (Å²) in [6.07, 6.45) is 4.52. The van der Waals surface area contributed by atoms with E-state index in [0.717, 1.165) is 31.2 Å². The van der Waals surface area contributed by atoms with Crippen LogP contribution >= 0.6 is 0 Å². The molecule has 2 N–H and O–H groups in total. The van der Waals surface area contributed by atoms with Crippen molar-refractivity contribution in [1.29, 1.82) is 0 Å². The van der Waals surface area contributed by atoms with Gasteiger partial charge in [0.15, 0.2) is 0 Å². The molecule has 2 aliphatic rings. The Morgan fingerprint density at radius 1 is 1.23 bits per heavy atom. The standard InChI is InChI=1S/C17H23FN2O2/c18-14-8-6-13(7-9-14)16(12-3-1-4-12)19-17(22)20-10-2-5-15(21)11-20/h6-9,12,15-16,21H,1-5,10-11H2,(H,19,22). The van der Waals surface area contributed by atoms with Gasteiger partial charge in [0, 0.05) is 13.1 Å². The maximum Gasteiger partial charge on any atom is 0.317 e. The van der Waals surface area contributed by atoms with Gasteiger partial charge in [-0.15, -0.1) is 0 Å². The minimum atomic E-state index is -0.424. The lowest BCUT2D eigenvalue weighted by molar-refractivity contribution is 0.0812. The number of amides is 2. The van der Waals surface area contributed by atoms with Gasteiger partial charge in [-0.05, 0) is 49.3 Å². The van der Waals surface area contributed by atoms with Gasteiger partial charge in [-0.2, -0.15) is 0 Å². The van der Waals surface area contributed by atoms with E-state index in [4.69, 9.17) is 0 Å². The summed E-state index contributed by atoms with van der Waals surface area (Å²) in [7, 11) is 0. The number of likely N-dealkylation sites (tertiary alicyclic amines) is 1. The summed E-state index contributed by atoms with van der Waals surface area (Å²) in [5, 5.41) is 12.8. The fourth-order valence-corrected chi connectivity index (χ4v) is 3.28. The number of hydrogen-bond acceptors (Lipinski definition) is 2. The summed E-state index contributed by atoms with van der Waals surface area (Å²) in [6.45, 7) is 1.08. The molecule has 0 spiro atoms. The van der Waals surface area contributed by atoms with Gasteiger partial charge in [0.1, 0.15) is 5.82 Å². The molecule has 1 aliphatic carbocycles. The summed E-state index contributed by atoms with van der Waals surface area (Å²) >= 11 is 0. The summed E-state index contributed by atoms with van der Waals surface area (Å²) in [4.78, 5) is 14.2. The molecule has 2 unspecified atom stereocenters. The third kappa shape index (κ3) is 3.40. The fourth-order valence-electron chi connectivity index (χ4n) is 3.28. The Bertz CT molecular complexity index is 516. The van der Waals surface area contributed by atoms with E-state index in [0.29, 0.717) is 19.0 Å². The van der Waals surface area contributed by atoms with Crippen molar-refractivity contribution in [2.24, 2.45) is 5.92 Å². The van der Waals surface area contributed by atoms with Crippen molar-refractivity contribution >= 4 is 6.03 Å². The second kappa shape index (κ2) is 6.65. The Morgan fingerprint density at radius 2 is 1.95 bits per heavy atom. The molecule has 0 radical (unpaired) electrons. The van der Waals surface area contributed by atoms with Crippen LogP contribution < -0.4 is 5.32 Å². The van der Waals surface area contributed by atoms with Gasteiger partial charge in [-0.25, -0.2) is 9.18 Å². The van der Waals surface area contributed by atoms with Crippen LogP contribution in [0, 0.1) is 11.7 Å². The number of urea groups is 1. The van der Waals surface area contributed by atoms with Crippen LogP contribution in [0.4, 0.5) is 9.18 Å². The fraction of sp³-hybridized carbons (Fsp3) is 0.588. The van der Waals surface area contributed by atoms with Crippen LogP contribution in [-0.2, 0) is 0 Å². The van der Waals surface area contributed by atoms with Crippen LogP contribution in [0.2, 0.25) is 0 Å². The smallest absolute Gasteiger partial charge is 0.317 e. The third-order valence-electron chi connectivity index (χ3n) is 4.81. The maximum atomic E-state index is 13.1. The molecule has 1 heterocycles. The van der Waals surface area contributed by atoms with Crippen LogP contribution in [0.5, 0.6) is 0 Å². The van der Waals surface area contributed by atoms with E-state index in [1.54, 1.807) is 17.0 Å². The molecule has 3 rings (SSSR count). The van der Waals surface area contributed by atoms with Crippen molar-refractivity contribution in [2.75, 3.05) is 13.1 Å². The predicted molar refractivity (Wildman–Crippen MR) is 81.8 cm³/mol. The van der Waals surface area contributed by atoms with Gasteiger partial charge in [-0.1, -0.05) is 18.6 Å². The Hall–Kier alpha value is -1.62. The van der Waals surface area contributed by atoms with Crippen LogP contribution in [0.25, 0.3) is 0 Å². The lowest BCUT2D eigenvalue weighted by Crippen LogP contribution is -2.49. The average molecular weight is 306 g/mol. The number of carbonyl (C=O) groups is 1. The first kappa shape index (κ1) is 15.3.